The summed E-state index contributed by atoms with van der Waals surface area (Å²) in [6, 6.07) is 0. The van der Waals surface area contributed by atoms with E-state index in [2.05, 4.69) is 13.2 Å². The third-order valence-corrected chi connectivity index (χ3v) is 0. The van der Waals surface area contributed by atoms with Gasteiger partial charge >= 0.3 is 0 Å². The van der Waals surface area contributed by atoms with Gasteiger partial charge in [-0.3, -0.25) is 6.58 Å². The molecule has 0 aromatic rings. The molecule has 0 saturated carbocycles. The molecule has 2 heteroatoms. The van der Waals surface area contributed by atoms with Gasteiger partial charge in [-0.1, -0.05) is 0 Å². The Kier molecular flexibility index (Phi) is 160. The molecule has 0 aromatic heterocycles. The summed E-state index contributed by atoms with van der Waals surface area (Å²) in [5, 5.41) is 0. The van der Waals surface area contributed by atoms with Gasteiger partial charge in [0.1, 0.15) is 0 Å². The van der Waals surface area contributed by atoms with Gasteiger partial charge in [-0.05, 0) is 0 Å². The molecule has 0 bridgehead atoms. The van der Waals surface area contributed by atoms with Crippen LogP contribution in [0.15, 0.2) is 6.58 Å². The molecular formula is C2H4IZn-. The van der Waals surface area contributed by atoms with Crippen molar-refractivity contribution in [1.29, 1.82) is 0 Å². The smallest absolute Gasteiger partial charge is 0 e. The van der Waals surface area contributed by atoms with Gasteiger partial charge in [-0.2, -0.15) is 0 Å². The standard InChI is InChI=1S/C2H3.HI.Zn/c1-2;;/h1H,2H2;1H;/q-1;;. The minimum absolute atomic E-state index is 0. The van der Waals surface area contributed by atoms with E-state index in [0.29, 0.717) is 0 Å². The maximum atomic E-state index is 4.25. The van der Waals surface area contributed by atoms with Crippen molar-refractivity contribution >= 4 is 24.0 Å². The summed E-state index contributed by atoms with van der Waals surface area (Å²) in [5.41, 5.74) is 0. The maximum Gasteiger partial charge on any atom is 0 e. The van der Waals surface area contributed by atoms with Gasteiger partial charge in [0.05, 0.1) is 0 Å². The quantitative estimate of drug-likeness (QED) is 0.327. The Morgan fingerprint density at radius 2 is 1.25 bits per heavy atom. The van der Waals surface area contributed by atoms with E-state index in [0.717, 1.165) is 0 Å². The van der Waals surface area contributed by atoms with Gasteiger partial charge in [-0.15, -0.1) is 24.0 Å². The summed E-state index contributed by atoms with van der Waals surface area (Å²) in [6.07, 6.45) is 0. The topological polar surface area (TPSA) is 0 Å². The van der Waals surface area contributed by atoms with Crippen LogP contribution in [0, 0.1) is 6.58 Å². The van der Waals surface area contributed by atoms with E-state index < -0.39 is 0 Å². The summed E-state index contributed by atoms with van der Waals surface area (Å²) in [4.78, 5) is 0. The minimum Gasteiger partial charge on any atom is -0.521 e. The molecule has 0 amide bonds. The molecule has 0 aromatic carbocycles. The number of halogens is 1. The SMILES string of the molecule is I.[CH-]=C.[Zn]. The van der Waals surface area contributed by atoms with Gasteiger partial charge in [-0.25, -0.2) is 0 Å². The molecule has 0 N–H and O–H groups in total. The third kappa shape index (κ3) is 11.3. The molecule has 0 unspecified atom stereocenters. The number of hydrogen-bond donors (Lipinski definition) is 0. The molecule has 0 heterocycles. The van der Waals surface area contributed by atoms with E-state index in [1.165, 1.54) is 0 Å². The van der Waals surface area contributed by atoms with Crippen LogP contribution >= 0.6 is 24.0 Å². The van der Waals surface area contributed by atoms with Gasteiger partial charge in [0, 0.05) is 19.5 Å². The second-order valence-electron chi connectivity index (χ2n) is 0. The minimum atomic E-state index is 0. The summed E-state index contributed by atoms with van der Waals surface area (Å²) >= 11 is 0. The van der Waals surface area contributed by atoms with E-state index in [1.807, 2.05) is 0 Å². The Morgan fingerprint density at radius 3 is 1.25 bits per heavy atom. The zero-order chi connectivity index (χ0) is 2.00. The fraction of sp³-hybridized carbons (Fsp3) is 0. The predicted molar refractivity (Wildman–Crippen MR) is 25.3 cm³/mol. The van der Waals surface area contributed by atoms with Crippen LogP contribution in [-0.2, 0) is 19.5 Å². The van der Waals surface area contributed by atoms with Gasteiger partial charge < -0.3 is 6.58 Å². The monoisotopic (exact) mass is 219 g/mol. The molecular weight excluding hydrogens is 216 g/mol. The Labute approximate surface area is 56.4 Å². The van der Waals surface area contributed by atoms with Crippen molar-refractivity contribution in [3.05, 3.63) is 13.2 Å². The normalized spacial score (nSPS) is 1.00. The molecule has 0 rings (SSSR count). The van der Waals surface area contributed by atoms with Crippen molar-refractivity contribution in [3.63, 3.8) is 0 Å². The fourth-order valence-corrected chi connectivity index (χ4v) is 0. The molecule has 0 nitrogen and oxygen atoms in total. The van der Waals surface area contributed by atoms with Crippen molar-refractivity contribution in [1.82, 2.24) is 0 Å². The molecule has 0 aliphatic rings. The largest absolute Gasteiger partial charge is 0.521 e. The Hall–Kier alpha value is 1.09. The average Bonchev–Trinajstić information content (AvgIpc) is 1.00. The zero-order valence-corrected chi connectivity index (χ0v) is 7.70. The van der Waals surface area contributed by atoms with E-state index in [-0.39, 0.29) is 43.5 Å². The average molecular weight is 220 g/mol. The summed E-state index contributed by atoms with van der Waals surface area (Å²) in [5.74, 6) is 0. The van der Waals surface area contributed by atoms with Crippen molar-refractivity contribution in [2.24, 2.45) is 0 Å². The molecule has 4 heavy (non-hydrogen) atoms. The summed E-state index contributed by atoms with van der Waals surface area (Å²) < 4.78 is 0. The Morgan fingerprint density at radius 1 is 1.25 bits per heavy atom. The van der Waals surface area contributed by atoms with Crippen molar-refractivity contribution < 1.29 is 19.5 Å². The second-order valence-corrected chi connectivity index (χ2v) is 0. The number of hydrogen-bond acceptors (Lipinski definition) is 0. The molecule has 0 aliphatic carbocycles. The van der Waals surface area contributed by atoms with E-state index in [9.17, 15) is 0 Å². The molecule has 0 radical (unpaired) electrons. The van der Waals surface area contributed by atoms with Crippen LogP contribution in [-0.4, -0.2) is 0 Å². The third-order valence-electron chi connectivity index (χ3n) is 0. The fourth-order valence-electron chi connectivity index (χ4n) is 0. The van der Waals surface area contributed by atoms with E-state index in [1.54, 1.807) is 0 Å². The first kappa shape index (κ1) is 19.5. The first-order chi connectivity index (χ1) is 1.00. The van der Waals surface area contributed by atoms with Crippen LogP contribution in [0.5, 0.6) is 0 Å². The van der Waals surface area contributed by atoms with Crippen molar-refractivity contribution in [3.8, 4) is 0 Å². The van der Waals surface area contributed by atoms with Gasteiger partial charge in [0.2, 0.25) is 0 Å². The molecule has 0 aliphatic heterocycles. The van der Waals surface area contributed by atoms with Crippen molar-refractivity contribution in [2.75, 3.05) is 0 Å². The van der Waals surface area contributed by atoms with Crippen molar-refractivity contribution in [2.45, 2.75) is 0 Å². The second kappa shape index (κ2) is 32.8. The zero-order valence-electron chi connectivity index (χ0n) is 2.40. The van der Waals surface area contributed by atoms with Crippen LogP contribution in [0.3, 0.4) is 0 Å². The van der Waals surface area contributed by atoms with Crippen LogP contribution < -0.4 is 0 Å². The first-order valence-corrected chi connectivity index (χ1v) is 0.408. The predicted octanol–water partition coefficient (Wildman–Crippen LogP) is 1.22. The Bertz CT molecular complexity index is 6.00. The number of rotatable bonds is 0. The first-order valence-electron chi connectivity index (χ1n) is 0.408. The van der Waals surface area contributed by atoms with Crippen LogP contribution in [0.1, 0.15) is 0 Å². The van der Waals surface area contributed by atoms with Crippen LogP contribution in [0.25, 0.3) is 0 Å². The summed E-state index contributed by atoms with van der Waals surface area (Å²) in [6.45, 7) is 7.00. The van der Waals surface area contributed by atoms with Gasteiger partial charge in [0.15, 0.2) is 0 Å². The van der Waals surface area contributed by atoms with Gasteiger partial charge in [0.25, 0.3) is 0 Å². The summed E-state index contributed by atoms with van der Waals surface area (Å²) in [7, 11) is 0. The van der Waals surface area contributed by atoms with E-state index in [4.69, 9.17) is 0 Å². The van der Waals surface area contributed by atoms with Crippen LogP contribution in [0.4, 0.5) is 0 Å². The maximum absolute atomic E-state index is 4.25. The van der Waals surface area contributed by atoms with E-state index >= 15 is 0 Å². The molecule has 0 spiro atoms. The molecule has 0 atom stereocenters. The Balaban J connectivity index is -0.00000000500. The molecule has 0 saturated heterocycles. The molecule has 22 valence electrons. The molecule has 0 fully saturated rings. The van der Waals surface area contributed by atoms with Crippen LogP contribution in [0.2, 0.25) is 0 Å².